The van der Waals surface area contributed by atoms with Gasteiger partial charge in [-0.2, -0.15) is 0 Å². The quantitative estimate of drug-likeness (QED) is 0.894. The maximum atomic E-state index is 9.44. The molecule has 1 unspecified atom stereocenters. The Bertz CT molecular complexity index is 569. The van der Waals surface area contributed by atoms with Crippen LogP contribution in [0.5, 0.6) is 5.75 Å². The minimum atomic E-state index is -0.644. The number of nitrogens with zero attached hydrogens (tertiary/aromatic N) is 3. The lowest BCUT2D eigenvalue weighted by Crippen LogP contribution is -1.98. The van der Waals surface area contributed by atoms with Gasteiger partial charge in [-0.05, 0) is 44.8 Å². The Morgan fingerprint density at radius 3 is 2.61 bits per heavy atom. The van der Waals surface area contributed by atoms with E-state index in [1.807, 2.05) is 12.1 Å². The first-order valence-electron chi connectivity index (χ1n) is 5.16. The van der Waals surface area contributed by atoms with Crippen molar-refractivity contribution in [1.29, 1.82) is 0 Å². The SMILES string of the molecule is COc1cc(-n2cc(C(C)O)nn2)c(Br)cc1Br. The van der Waals surface area contributed by atoms with Crippen molar-refractivity contribution < 1.29 is 9.84 Å². The Labute approximate surface area is 121 Å². The molecule has 0 saturated heterocycles. The van der Waals surface area contributed by atoms with Crippen LogP contribution >= 0.6 is 31.9 Å². The molecule has 96 valence electrons. The van der Waals surface area contributed by atoms with E-state index in [0.29, 0.717) is 11.4 Å². The molecule has 0 bridgehead atoms. The fourth-order valence-corrected chi connectivity index (χ4v) is 2.77. The molecular weight excluding hydrogens is 366 g/mol. The first-order chi connectivity index (χ1) is 8.52. The third-order valence-corrected chi connectivity index (χ3v) is 3.66. The van der Waals surface area contributed by atoms with Gasteiger partial charge in [0.05, 0.1) is 29.6 Å². The second-order valence-electron chi connectivity index (χ2n) is 3.70. The topological polar surface area (TPSA) is 60.2 Å². The zero-order valence-electron chi connectivity index (χ0n) is 9.76. The smallest absolute Gasteiger partial charge is 0.135 e. The summed E-state index contributed by atoms with van der Waals surface area (Å²) in [5, 5.41) is 17.3. The molecule has 0 fully saturated rings. The van der Waals surface area contributed by atoms with Crippen molar-refractivity contribution in [3.05, 3.63) is 33.0 Å². The molecule has 0 aliphatic heterocycles. The fraction of sp³-hybridized carbons (Fsp3) is 0.273. The number of hydrogen-bond donors (Lipinski definition) is 1. The summed E-state index contributed by atoms with van der Waals surface area (Å²) in [6, 6.07) is 3.70. The van der Waals surface area contributed by atoms with Crippen LogP contribution < -0.4 is 4.74 Å². The maximum absolute atomic E-state index is 9.44. The van der Waals surface area contributed by atoms with Crippen molar-refractivity contribution in [3.63, 3.8) is 0 Å². The lowest BCUT2D eigenvalue weighted by Gasteiger charge is -2.08. The molecule has 18 heavy (non-hydrogen) atoms. The van der Waals surface area contributed by atoms with Gasteiger partial charge in [0.1, 0.15) is 11.4 Å². The van der Waals surface area contributed by atoms with Gasteiger partial charge in [0.15, 0.2) is 0 Å². The number of ether oxygens (including phenoxy) is 1. The molecule has 0 radical (unpaired) electrons. The molecule has 0 amide bonds. The molecule has 0 aliphatic rings. The maximum Gasteiger partial charge on any atom is 0.135 e. The molecule has 0 spiro atoms. The predicted molar refractivity (Wildman–Crippen MR) is 73.9 cm³/mol. The van der Waals surface area contributed by atoms with Gasteiger partial charge in [0, 0.05) is 10.5 Å². The predicted octanol–water partition coefficient (Wildman–Crippen LogP) is 2.85. The second-order valence-corrected chi connectivity index (χ2v) is 5.41. The Morgan fingerprint density at radius 1 is 1.33 bits per heavy atom. The highest BCUT2D eigenvalue weighted by Gasteiger charge is 2.12. The van der Waals surface area contributed by atoms with Crippen LogP contribution in [-0.2, 0) is 0 Å². The Hall–Kier alpha value is -0.920. The Balaban J connectivity index is 2.49. The molecule has 0 aliphatic carbocycles. The van der Waals surface area contributed by atoms with Gasteiger partial charge in [-0.3, -0.25) is 0 Å². The largest absolute Gasteiger partial charge is 0.495 e. The molecule has 7 heteroatoms. The Kier molecular flexibility index (Phi) is 4.04. The standard InChI is InChI=1S/C11H11Br2N3O2/c1-6(17)9-5-16(15-14-9)10-4-11(18-2)8(13)3-7(10)12/h3-6,17H,1-2H3. The van der Waals surface area contributed by atoms with Gasteiger partial charge in [-0.25, -0.2) is 4.68 Å². The summed E-state index contributed by atoms with van der Waals surface area (Å²) in [5.74, 6) is 0.697. The van der Waals surface area contributed by atoms with Crippen LogP contribution in [0.1, 0.15) is 18.7 Å². The van der Waals surface area contributed by atoms with E-state index in [1.165, 1.54) is 0 Å². The van der Waals surface area contributed by atoms with E-state index in [0.717, 1.165) is 14.6 Å². The first-order valence-corrected chi connectivity index (χ1v) is 6.75. The zero-order chi connectivity index (χ0) is 13.3. The third kappa shape index (κ3) is 2.57. The van der Waals surface area contributed by atoms with Crippen molar-refractivity contribution in [3.8, 4) is 11.4 Å². The lowest BCUT2D eigenvalue weighted by molar-refractivity contribution is 0.194. The van der Waals surface area contributed by atoms with E-state index in [9.17, 15) is 5.11 Å². The summed E-state index contributed by atoms with van der Waals surface area (Å²) >= 11 is 6.86. The molecule has 2 aromatic rings. The minimum absolute atomic E-state index is 0.517. The number of aromatic nitrogens is 3. The van der Waals surface area contributed by atoms with Gasteiger partial charge < -0.3 is 9.84 Å². The van der Waals surface area contributed by atoms with Gasteiger partial charge in [0.2, 0.25) is 0 Å². The van der Waals surface area contributed by atoms with Gasteiger partial charge in [-0.1, -0.05) is 5.21 Å². The minimum Gasteiger partial charge on any atom is -0.495 e. The van der Waals surface area contributed by atoms with Crippen LogP contribution in [0.2, 0.25) is 0 Å². The van der Waals surface area contributed by atoms with E-state index in [2.05, 4.69) is 42.2 Å². The van der Waals surface area contributed by atoms with E-state index in [-0.39, 0.29) is 0 Å². The van der Waals surface area contributed by atoms with Crippen LogP contribution in [0.4, 0.5) is 0 Å². The van der Waals surface area contributed by atoms with Crippen molar-refractivity contribution in [2.45, 2.75) is 13.0 Å². The van der Waals surface area contributed by atoms with E-state index in [4.69, 9.17) is 4.74 Å². The normalized spacial score (nSPS) is 12.5. The third-order valence-electron chi connectivity index (χ3n) is 2.41. The fourth-order valence-electron chi connectivity index (χ4n) is 1.44. The van der Waals surface area contributed by atoms with Crippen molar-refractivity contribution >= 4 is 31.9 Å². The van der Waals surface area contributed by atoms with Crippen molar-refractivity contribution in [2.75, 3.05) is 7.11 Å². The second kappa shape index (κ2) is 5.38. The van der Waals surface area contributed by atoms with Crippen LogP contribution in [0.3, 0.4) is 0 Å². The Morgan fingerprint density at radius 2 is 2.06 bits per heavy atom. The molecule has 1 heterocycles. The van der Waals surface area contributed by atoms with E-state index >= 15 is 0 Å². The van der Waals surface area contributed by atoms with Crippen LogP contribution in [-0.4, -0.2) is 27.2 Å². The summed E-state index contributed by atoms with van der Waals surface area (Å²) < 4.78 is 8.51. The number of benzene rings is 1. The molecule has 1 aromatic carbocycles. The van der Waals surface area contributed by atoms with Crippen LogP contribution in [0, 0.1) is 0 Å². The summed E-state index contributed by atoms with van der Waals surface area (Å²) in [7, 11) is 1.60. The number of aliphatic hydroxyl groups excluding tert-OH is 1. The van der Waals surface area contributed by atoms with E-state index < -0.39 is 6.10 Å². The van der Waals surface area contributed by atoms with Crippen LogP contribution in [0.25, 0.3) is 5.69 Å². The summed E-state index contributed by atoms with van der Waals surface area (Å²) in [6.45, 7) is 1.64. The molecule has 0 saturated carbocycles. The van der Waals surface area contributed by atoms with Crippen molar-refractivity contribution in [2.24, 2.45) is 0 Å². The summed E-state index contributed by atoms with van der Waals surface area (Å²) in [6.07, 6.45) is 1.04. The van der Waals surface area contributed by atoms with Crippen LogP contribution in [0.15, 0.2) is 27.3 Å². The molecule has 2 rings (SSSR count). The number of aliphatic hydroxyl groups is 1. The lowest BCUT2D eigenvalue weighted by atomic mass is 10.3. The zero-order valence-corrected chi connectivity index (χ0v) is 12.9. The van der Waals surface area contributed by atoms with Gasteiger partial charge >= 0.3 is 0 Å². The summed E-state index contributed by atoms with van der Waals surface area (Å²) in [5.41, 5.74) is 1.30. The number of methoxy groups -OCH3 is 1. The first kappa shape index (κ1) is 13.5. The number of rotatable bonds is 3. The number of hydrogen-bond acceptors (Lipinski definition) is 4. The molecule has 1 aromatic heterocycles. The van der Waals surface area contributed by atoms with E-state index in [1.54, 1.807) is 24.9 Å². The average Bonchev–Trinajstić information content (AvgIpc) is 2.78. The van der Waals surface area contributed by atoms with Gasteiger partial charge in [0.25, 0.3) is 0 Å². The highest BCUT2D eigenvalue weighted by Crippen LogP contribution is 2.33. The highest BCUT2D eigenvalue weighted by molar-refractivity contribution is 9.11. The molecule has 1 N–H and O–H groups in total. The van der Waals surface area contributed by atoms with Crippen molar-refractivity contribution in [1.82, 2.24) is 15.0 Å². The average molecular weight is 377 g/mol. The monoisotopic (exact) mass is 375 g/mol. The molecule has 1 atom stereocenters. The van der Waals surface area contributed by atoms with Gasteiger partial charge in [-0.15, -0.1) is 5.10 Å². The summed E-state index contributed by atoms with van der Waals surface area (Å²) in [4.78, 5) is 0. The molecular formula is C11H11Br2N3O2. The highest BCUT2D eigenvalue weighted by atomic mass is 79.9. The molecule has 5 nitrogen and oxygen atoms in total. The number of halogens is 2.